The number of para-hydroxylation sites is 1. The van der Waals surface area contributed by atoms with E-state index >= 15 is 0 Å². The Bertz CT molecular complexity index is 715. The highest BCUT2D eigenvalue weighted by atomic mass is 32.2. The minimum absolute atomic E-state index is 0.0249. The van der Waals surface area contributed by atoms with Gasteiger partial charge in [-0.1, -0.05) is 19.1 Å². The molecule has 0 unspecified atom stereocenters. The van der Waals surface area contributed by atoms with Crippen molar-refractivity contribution in [2.75, 3.05) is 18.0 Å². The first-order valence-electron chi connectivity index (χ1n) is 8.03. The predicted octanol–water partition coefficient (Wildman–Crippen LogP) is 3.32. The van der Waals surface area contributed by atoms with Gasteiger partial charge in [-0.15, -0.1) is 11.8 Å². The number of carbonyl (C=O) groups excluding carboxylic acids is 2. The van der Waals surface area contributed by atoms with Crippen LogP contribution in [0.25, 0.3) is 0 Å². The van der Waals surface area contributed by atoms with Crippen LogP contribution >= 0.6 is 11.8 Å². The molecule has 1 aromatic heterocycles. The number of carbonyl (C=O) groups is 2. The van der Waals surface area contributed by atoms with Crippen molar-refractivity contribution >= 4 is 29.3 Å². The largest absolute Gasteiger partial charge is 0.459 e. The molecule has 0 radical (unpaired) electrons. The van der Waals surface area contributed by atoms with E-state index in [0.717, 1.165) is 17.0 Å². The predicted molar refractivity (Wildman–Crippen MR) is 94.4 cm³/mol. The summed E-state index contributed by atoms with van der Waals surface area (Å²) >= 11 is 1.80. The van der Waals surface area contributed by atoms with Crippen molar-refractivity contribution in [3.05, 3.63) is 48.4 Å². The average molecular weight is 344 g/mol. The Labute approximate surface area is 145 Å². The molecule has 0 aliphatic carbocycles. The van der Waals surface area contributed by atoms with Gasteiger partial charge < -0.3 is 14.6 Å². The van der Waals surface area contributed by atoms with Crippen molar-refractivity contribution in [1.82, 2.24) is 5.32 Å². The third-order valence-electron chi connectivity index (χ3n) is 3.91. The first-order chi connectivity index (χ1) is 11.6. The van der Waals surface area contributed by atoms with E-state index in [4.69, 9.17) is 4.42 Å². The Balaban J connectivity index is 1.61. The molecule has 5 nitrogen and oxygen atoms in total. The maximum absolute atomic E-state index is 12.6. The number of fused-ring (bicyclic) bond motifs is 1. The van der Waals surface area contributed by atoms with Crippen molar-refractivity contribution in [1.29, 1.82) is 0 Å². The molecule has 1 aliphatic rings. The quantitative estimate of drug-likeness (QED) is 0.924. The highest BCUT2D eigenvalue weighted by Gasteiger charge is 2.23. The first kappa shape index (κ1) is 16.6. The summed E-state index contributed by atoms with van der Waals surface area (Å²) in [6.07, 6.45) is 2.66. The van der Waals surface area contributed by atoms with Gasteiger partial charge in [0.1, 0.15) is 0 Å². The summed E-state index contributed by atoms with van der Waals surface area (Å²) in [6.45, 7) is 3.18. The van der Waals surface area contributed by atoms with Gasteiger partial charge >= 0.3 is 0 Å². The second kappa shape index (κ2) is 7.57. The van der Waals surface area contributed by atoms with Crippen molar-refractivity contribution < 1.29 is 14.0 Å². The molecular weight excluding hydrogens is 324 g/mol. The zero-order valence-electron chi connectivity index (χ0n) is 13.5. The Hall–Kier alpha value is -2.21. The molecule has 2 aromatic rings. The van der Waals surface area contributed by atoms with Crippen LogP contribution in [0.1, 0.15) is 30.3 Å². The number of anilines is 1. The maximum atomic E-state index is 12.6. The molecule has 2 amide bonds. The van der Waals surface area contributed by atoms with Gasteiger partial charge in [0, 0.05) is 29.7 Å². The lowest BCUT2D eigenvalue weighted by Gasteiger charge is -2.22. The minimum atomic E-state index is -0.298. The molecule has 1 aromatic carbocycles. The van der Waals surface area contributed by atoms with Crippen molar-refractivity contribution in [3.63, 3.8) is 0 Å². The van der Waals surface area contributed by atoms with Crippen LogP contribution in [-0.2, 0) is 4.79 Å². The van der Waals surface area contributed by atoms with Crippen molar-refractivity contribution in [3.8, 4) is 0 Å². The second-order valence-electron chi connectivity index (χ2n) is 5.71. The Morgan fingerprint density at radius 1 is 1.29 bits per heavy atom. The first-order valence-corrected chi connectivity index (χ1v) is 8.91. The summed E-state index contributed by atoms with van der Waals surface area (Å²) in [4.78, 5) is 27.4. The van der Waals surface area contributed by atoms with Crippen LogP contribution < -0.4 is 10.2 Å². The fourth-order valence-corrected chi connectivity index (χ4v) is 3.77. The fourth-order valence-electron chi connectivity index (χ4n) is 2.66. The SMILES string of the molecule is C[C@@H]1CCN(C(=O)CCNC(=O)c2ccco2)c2ccccc2S1. The van der Waals surface area contributed by atoms with E-state index in [9.17, 15) is 9.59 Å². The third-order valence-corrected chi connectivity index (χ3v) is 5.15. The smallest absolute Gasteiger partial charge is 0.286 e. The molecule has 0 spiro atoms. The van der Waals surface area contributed by atoms with Gasteiger partial charge in [0.2, 0.25) is 5.91 Å². The third kappa shape index (κ3) is 3.82. The molecule has 1 aliphatic heterocycles. The van der Waals surface area contributed by atoms with Gasteiger partial charge in [-0.25, -0.2) is 0 Å². The summed E-state index contributed by atoms with van der Waals surface area (Å²) in [5, 5.41) is 3.19. The van der Waals surface area contributed by atoms with Gasteiger partial charge in [-0.3, -0.25) is 9.59 Å². The number of rotatable bonds is 4. The van der Waals surface area contributed by atoms with E-state index in [-0.39, 0.29) is 24.0 Å². The Kier molecular flexibility index (Phi) is 5.25. The lowest BCUT2D eigenvalue weighted by molar-refractivity contribution is -0.118. The summed E-state index contributed by atoms with van der Waals surface area (Å²) in [6, 6.07) is 11.2. The molecule has 126 valence electrons. The Morgan fingerprint density at radius 2 is 2.12 bits per heavy atom. The van der Waals surface area contributed by atoms with Crippen molar-refractivity contribution in [2.24, 2.45) is 0 Å². The van der Waals surface area contributed by atoms with E-state index in [0.29, 0.717) is 18.3 Å². The molecule has 1 N–H and O–H groups in total. The van der Waals surface area contributed by atoms with Crippen LogP contribution in [-0.4, -0.2) is 30.2 Å². The summed E-state index contributed by atoms with van der Waals surface area (Å²) < 4.78 is 5.03. The molecule has 3 rings (SSSR count). The number of amides is 2. The summed E-state index contributed by atoms with van der Waals surface area (Å²) in [5.41, 5.74) is 0.967. The number of hydrogen-bond acceptors (Lipinski definition) is 4. The summed E-state index contributed by atoms with van der Waals surface area (Å²) in [7, 11) is 0. The normalized spacial score (nSPS) is 17.0. The number of furan rings is 1. The number of nitrogens with one attached hydrogen (secondary N) is 1. The highest BCUT2D eigenvalue weighted by Crippen LogP contribution is 2.37. The van der Waals surface area contributed by atoms with E-state index < -0.39 is 0 Å². The second-order valence-corrected chi connectivity index (χ2v) is 7.19. The summed E-state index contributed by atoms with van der Waals surface area (Å²) in [5.74, 6) is -0.0158. The molecule has 1 atom stereocenters. The molecule has 0 saturated heterocycles. The van der Waals surface area contributed by atoms with Gasteiger partial charge in [-0.05, 0) is 30.7 Å². The molecule has 0 bridgehead atoms. The van der Waals surface area contributed by atoms with Crippen LogP contribution in [0, 0.1) is 0 Å². The fraction of sp³-hybridized carbons (Fsp3) is 0.333. The van der Waals surface area contributed by atoms with Crippen LogP contribution in [0.15, 0.2) is 52.0 Å². The monoisotopic (exact) mass is 344 g/mol. The van der Waals surface area contributed by atoms with Crippen LogP contribution in [0.2, 0.25) is 0 Å². The molecule has 0 saturated carbocycles. The van der Waals surface area contributed by atoms with E-state index in [1.165, 1.54) is 6.26 Å². The van der Waals surface area contributed by atoms with Crippen LogP contribution in [0.4, 0.5) is 5.69 Å². The molecular formula is C18H20N2O3S. The molecule has 2 heterocycles. The zero-order chi connectivity index (χ0) is 16.9. The van der Waals surface area contributed by atoms with E-state index in [1.807, 2.05) is 23.1 Å². The number of thioether (sulfide) groups is 1. The minimum Gasteiger partial charge on any atom is -0.459 e. The maximum Gasteiger partial charge on any atom is 0.286 e. The number of hydrogen-bond donors (Lipinski definition) is 1. The van der Waals surface area contributed by atoms with Gasteiger partial charge in [0.25, 0.3) is 5.91 Å². The lowest BCUT2D eigenvalue weighted by Crippen LogP contribution is -2.35. The topological polar surface area (TPSA) is 62.6 Å². The highest BCUT2D eigenvalue weighted by molar-refractivity contribution is 8.00. The number of benzene rings is 1. The Morgan fingerprint density at radius 3 is 2.92 bits per heavy atom. The molecule has 0 fully saturated rings. The standard InChI is InChI=1S/C18H20N2O3S/c1-13-9-11-20(14-5-2-3-7-16(14)24-13)17(21)8-10-19-18(22)15-6-4-12-23-15/h2-7,12-13H,8-11H2,1H3,(H,19,22)/t13-/m1/s1. The van der Waals surface area contributed by atoms with Gasteiger partial charge in [0.05, 0.1) is 12.0 Å². The van der Waals surface area contributed by atoms with Crippen LogP contribution in [0.5, 0.6) is 0 Å². The van der Waals surface area contributed by atoms with Crippen molar-refractivity contribution in [2.45, 2.75) is 29.9 Å². The van der Waals surface area contributed by atoms with E-state index in [1.54, 1.807) is 23.9 Å². The number of nitrogens with zero attached hydrogens (tertiary/aromatic N) is 1. The zero-order valence-corrected chi connectivity index (χ0v) is 14.3. The molecule has 24 heavy (non-hydrogen) atoms. The van der Waals surface area contributed by atoms with E-state index in [2.05, 4.69) is 18.3 Å². The van der Waals surface area contributed by atoms with Gasteiger partial charge in [0.15, 0.2) is 5.76 Å². The molecule has 6 heteroatoms. The van der Waals surface area contributed by atoms with Gasteiger partial charge in [-0.2, -0.15) is 0 Å². The lowest BCUT2D eigenvalue weighted by atomic mass is 10.2. The van der Waals surface area contributed by atoms with Crippen LogP contribution in [0.3, 0.4) is 0 Å². The average Bonchev–Trinajstić information content (AvgIpc) is 3.05.